The molecule has 0 atom stereocenters. The number of halogens is 3. The first kappa shape index (κ1) is 21.0. The number of hydrogen-bond donors (Lipinski definition) is 0. The predicted molar refractivity (Wildman–Crippen MR) is 102 cm³/mol. The minimum Gasteiger partial charge on any atom is -0.467 e. The molecule has 1 amide bonds. The molecule has 0 fully saturated rings. The molecule has 0 bridgehead atoms. The number of carbonyl (C=O) groups excluding carboxylic acids is 1. The standard InChI is InChI=1S/C19H19F3N4O2S/c1-13-6-3-4-8-15(13)17-23-24-18(25(17)2)29-11-16(27)26(12-19(20,21)22)10-14-7-5-9-28-14/h3-9H,10-12H2,1-2H3. The lowest BCUT2D eigenvalue weighted by Crippen LogP contribution is -2.39. The van der Waals surface area contributed by atoms with Crippen molar-refractivity contribution >= 4 is 17.7 Å². The molecule has 3 rings (SSSR count). The van der Waals surface area contributed by atoms with Gasteiger partial charge in [-0.3, -0.25) is 4.79 Å². The summed E-state index contributed by atoms with van der Waals surface area (Å²) in [5.41, 5.74) is 1.92. The third kappa shape index (κ3) is 5.41. The van der Waals surface area contributed by atoms with Crippen molar-refractivity contribution in [1.29, 1.82) is 0 Å². The van der Waals surface area contributed by atoms with Crippen LogP contribution < -0.4 is 0 Å². The Morgan fingerprint density at radius 1 is 1.21 bits per heavy atom. The number of hydrogen-bond acceptors (Lipinski definition) is 5. The zero-order valence-corrected chi connectivity index (χ0v) is 16.6. The van der Waals surface area contributed by atoms with Gasteiger partial charge in [0.15, 0.2) is 11.0 Å². The fraction of sp³-hybridized carbons (Fsp3) is 0.316. The van der Waals surface area contributed by atoms with E-state index in [1.54, 1.807) is 17.7 Å². The summed E-state index contributed by atoms with van der Waals surface area (Å²) in [6.07, 6.45) is -3.15. The maximum absolute atomic E-state index is 12.9. The number of amides is 1. The minimum absolute atomic E-state index is 0.198. The van der Waals surface area contributed by atoms with Crippen LogP contribution in [0.25, 0.3) is 11.4 Å². The van der Waals surface area contributed by atoms with Crippen molar-refractivity contribution in [2.75, 3.05) is 12.3 Å². The molecule has 0 saturated carbocycles. The molecule has 10 heteroatoms. The first-order valence-corrected chi connectivity index (χ1v) is 9.68. The van der Waals surface area contributed by atoms with Gasteiger partial charge in [0.2, 0.25) is 5.91 Å². The molecule has 3 aromatic rings. The van der Waals surface area contributed by atoms with Crippen LogP contribution in [0, 0.1) is 6.92 Å². The van der Waals surface area contributed by atoms with Gasteiger partial charge in [-0.05, 0) is 24.6 Å². The number of aryl methyl sites for hydroxylation is 1. The van der Waals surface area contributed by atoms with Gasteiger partial charge >= 0.3 is 6.18 Å². The third-order valence-corrected chi connectivity index (χ3v) is 5.20. The molecule has 0 aliphatic carbocycles. The summed E-state index contributed by atoms with van der Waals surface area (Å²) in [6.45, 7) is 0.351. The molecular formula is C19H19F3N4O2S. The molecule has 6 nitrogen and oxygen atoms in total. The summed E-state index contributed by atoms with van der Waals surface area (Å²) < 4.78 is 45.5. The topological polar surface area (TPSA) is 64.2 Å². The predicted octanol–water partition coefficient (Wildman–Crippen LogP) is 4.07. The van der Waals surface area contributed by atoms with Crippen molar-refractivity contribution < 1.29 is 22.4 Å². The van der Waals surface area contributed by atoms with Gasteiger partial charge in [0.05, 0.1) is 18.6 Å². The number of carbonyl (C=O) groups is 1. The van der Waals surface area contributed by atoms with Crippen molar-refractivity contribution in [1.82, 2.24) is 19.7 Å². The monoisotopic (exact) mass is 424 g/mol. The van der Waals surface area contributed by atoms with Crippen LogP contribution >= 0.6 is 11.8 Å². The maximum atomic E-state index is 12.9. The number of thioether (sulfide) groups is 1. The van der Waals surface area contributed by atoms with Crippen LogP contribution in [-0.2, 0) is 18.4 Å². The zero-order valence-electron chi connectivity index (χ0n) is 15.8. The van der Waals surface area contributed by atoms with Gasteiger partial charge in [-0.15, -0.1) is 10.2 Å². The first-order chi connectivity index (χ1) is 13.7. The molecule has 154 valence electrons. The van der Waals surface area contributed by atoms with E-state index in [2.05, 4.69) is 10.2 Å². The molecule has 0 saturated heterocycles. The second kappa shape index (κ2) is 8.73. The number of aromatic nitrogens is 3. The van der Waals surface area contributed by atoms with Gasteiger partial charge in [0.25, 0.3) is 0 Å². The molecule has 2 heterocycles. The van der Waals surface area contributed by atoms with Crippen LogP contribution in [0.2, 0.25) is 0 Å². The highest BCUT2D eigenvalue weighted by atomic mass is 32.2. The lowest BCUT2D eigenvalue weighted by atomic mass is 10.1. The fourth-order valence-corrected chi connectivity index (χ4v) is 3.57. The highest BCUT2D eigenvalue weighted by molar-refractivity contribution is 7.99. The summed E-state index contributed by atoms with van der Waals surface area (Å²) in [5, 5.41) is 8.69. The van der Waals surface area contributed by atoms with E-state index in [0.29, 0.717) is 11.0 Å². The van der Waals surface area contributed by atoms with E-state index >= 15 is 0 Å². The Hall–Kier alpha value is -2.75. The number of benzene rings is 1. The normalized spacial score (nSPS) is 11.6. The van der Waals surface area contributed by atoms with Crippen molar-refractivity contribution in [3.63, 3.8) is 0 Å². The van der Waals surface area contributed by atoms with Crippen molar-refractivity contribution in [2.24, 2.45) is 7.05 Å². The number of nitrogens with zero attached hydrogens (tertiary/aromatic N) is 4. The van der Waals surface area contributed by atoms with E-state index in [1.165, 1.54) is 12.3 Å². The van der Waals surface area contributed by atoms with E-state index in [1.807, 2.05) is 31.2 Å². The van der Waals surface area contributed by atoms with E-state index in [-0.39, 0.29) is 18.1 Å². The third-order valence-electron chi connectivity index (χ3n) is 4.20. The quantitative estimate of drug-likeness (QED) is 0.535. The van der Waals surface area contributed by atoms with E-state index in [4.69, 9.17) is 4.42 Å². The summed E-state index contributed by atoms with van der Waals surface area (Å²) in [6, 6.07) is 10.8. The molecule has 0 spiro atoms. The Morgan fingerprint density at radius 3 is 2.62 bits per heavy atom. The molecule has 2 aromatic heterocycles. The Labute approximate surface area is 169 Å². The number of furan rings is 1. The SMILES string of the molecule is Cc1ccccc1-c1nnc(SCC(=O)N(Cc2ccco2)CC(F)(F)F)n1C. The van der Waals surface area contributed by atoms with Crippen molar-refractivity contribution in [2.45, 2.75) is 24.8 Å². The zero-order chi connectivity index (χ0) is 21.0. The van der Waals surface area contributed by atoms with Gasteiger partial charge in [0, 0.05) is 12.6 Å². The van der Waals surface area contributed by atoms with Crippen molar-refractivity contribution in [3.05, 3.63) is 54.0 Å². The number of alkyl halides is 3. The Kier molecular flexibility index (Phi) is 6.31. The summed E-state index contributed by atoms with van der Waals surface area (Å²) >= 11 is 1.04. The second-order valence-electron chi connectivity index (χ2n) is 6.41. The Bertz CT molecular complexity index is 970. The Morgan fingerprint density at radius 2 is 1.97 bits per heavy atom. The highest BCUT2D eigenvalue weighted by Gasteiger charge is 2.33. The molecular weight excluding hydrogens is 405 g/mol. The molecule has 0 N–H and O–H groups in total. The summed E-state index contributed by atoms with van der Waals surface area (Å²) in [5.74, 6) is 0.0503. The molecule has 0 aliphatic rings. The van der Waals surface area contributed by atoms with Crippen LogP contribution in [0.15, 0.2) is 52.2 Å². The average molecular weight is 424 g/mol. The van der Waals surface area contributed by atoms with Gasteiger partial charge in [0.1, 0.15) is 12.3 Å². The van der Waals surface area contributed by atoms with Crippen LogP contribution in [0.1, 0.15) is 11.3 Å². The molecule has 0 unspecified atom stereocenters. The van der Waals surface area contributed by atoms with Crippen LogP contribution in [0.5, 0.6) is 0 Å². The van der Waals surface area contributed by atoms with Crippen LogP contribution in [0.4, 0.5) is 13.2 Å². The minimum atomic E-state index is -4.50. The fourth-order valence-electron chi connectivity index (χ4n) is 2.76. The van der Waals surface area contributed by atoms with Gasteiger partial charge < -0.3 is 13.9 Å². The van der Waals surface area contributed by atoms with Gasteiger partial charge in [-0.1, -0.05) is 36.0 Å². The van der Waals surface area contributed by atoms with Crippen LogP contribution in [-0.4, -0.2) is 44.0 Å². The maximum Gasteiger partial charge on any atom is 0.406 e. The van der Waals surface area contributed by atoms with Crippen LogP contribution in [0.3, 0.4) is 0 Å². The Balaban J connectivity index is 1.70. The molecule has 1 aromatic carbocycles. The second-order valence-corrected chi connectivity index (χ2v) is 7.36. The highest BCUT2D eigenvalue weighted by Crippen LogP contribution is 2.26. The van der Waals surface area contributed by atoms with E-state index in [9.17, 15) is 18.0 Å². The lowest BCUT2D eigenvalue weighted by Gasteiger charge is -2.22. The molecule has 29 heavy (non-hydrogen) atoms. The smallest absolute Gasteiger partial charge is 0.406 e. The number of rotatable bonds is 7. The van der Waals surface area contributed by atoms with E-state index < -0.39 is 18.6 Å². The molecule has 0 radical (unpaired) electrons. The lowest BCUT2D eigenvalue weighted by molar-refractivity contribution is -0.161. The van der Waals surface area contributed by atoms with E-state index in [0.717, 1.165) is 27.8 Å². The molecule has 0 aliphatic heterocycles. The van der Waals surface area contributed by atoms with Gasteiger partial charge in [-0.2, -0.15) is 13.2 Å². The van der Waals surface area contributed by atoms with Gasteiger partial charge in [-0.25, -0.2) is 0 Å². The summed E-state index contributed by atoms with van der Waals surface area (Å²) in [4.78, 5) is 13.2. The average Bonchev–Trinajstić information content (AvgIpc) is 3.28. The summed E-state index contributed by atoms with van der Waals surface area (Å²) in [7, 11) is 1.75. The first-order valence-electron chi connectivity index (χ1n) is 8.69. The largest absolute Gasteiger partial charge is 0.467 e. The van der Waals surface area contributed by atoms with Crippen molar-refractivity contribution in [3.8, 4) is 11.4 Å².